The molecule has 2 aromatic carbocycles. The van der Waals surface area contributed by atoms with Crippen molar-refractivity contribution in [1.29, 1.82) is 0 Å². The van der Waals surface area contributed by atoms with Gasteiger partial charge in [0.05, 0.1) is 22.3 Å². The molecule has 0 saturated heterocycles. The minimum absolute atomic E-state index is 0.198. The first-order valence-corrected chi connectivity index (χ1v) is 6.97. The standard InChI is InChI=1S/C16H8N4O4/c21-13-9-5-1-2-6-10(9)14(22)19(13)17-18-20-15(23)11-7-3-4-8-12(11)16(20)24/h1-8H/b18-17+. The van der Waals surface area contributed by atoms with E-state index in [-0.39, 0.29) is 22.3 Å². The highest BCUT2D eigenvalue weighted by atomic mass is 16.2. The molecule has 2 heterocycles. The number of carbonyl (C=O) groups is 4. The summed E-state index contributed by atoms with van der Waals surface area (Å²) in [6.45, 7) is 0. The van der Waals surface area contributed by atoms with Crippen LogP contribution in [0.1, 0.15) is 41.4 Å². The molecule has 0 spiro atoms. The summed E-state index contributed by atoms with van der Waals surface area (Å²) in [7, 11) is 0. The third kappa shape index (κ3) is 1.80. The summed E-state index contributed by atoms with van der Waals surface area (Å²) < 4.78 is 0. The molecule has 4 amide bonds. The third-order valence-corrected chi connectivity index (χ3v) is 3.76. The van der Waals surface area contributed by atoms with Gasteiger partial charge in [-0.2, -0.15) is 0 Å². The monoisotopic (exact) mass is 320 g/mol. The van der Waals surface area contributed by atoms with E-state index in [4.69, 9.17) is 0 Å². The predicted octanol–water partition coefficient (Wildman–Crippen LogP) is 1.86. The molecule has 4 rings (SSSR count). The average Bonchev–Trinajstić information content (AvgIpc) is 3.00. The summed E-state index contributed by atoms with van der Waals surface area (Å²) >= 11 is 0. The zero-order valence-corrected chi connectivity index (χ0v) is 12.0. The van der Waals surface area contributed by atoms with Crippen molar-refractivity contribution in [2.75, 3.05) is 0 Å². The maximum absolute atomic E-state index is 12.2. The first-order valence-electron chi connectivity index (χ1n) is 6.97. The van der Waals surface area contributed by atoms with E-state index in [2.05, 4.69) is 10.4 Å². The van der Waals surface area contributed by atoms with E-state index in [0.717, 1.165) is 0 Å². The van der Waals surface area contributed by atoms with Gasteiger partial charge in [0.15, 0.2) is 0 Å². The maximum Gasteiger partial charge on any atom is 0.283 e. The Balaban J connectivity index is 1.64. The largest absolute Gasteiger partial charge is 0.283 e. The molecule has 0 fully saturated rings. The van der Waals surface area contributed by atoms with Gasteiger partial charge in [-0.05, 0) is 34.7 Å². The van der Waals surface area contributed by atoms with E-state index in [1.54, 1.807) is 24.3 Å². The number of hydrogen-bond donors (Lipinski definition) is 0. The lowest BCUT2D eigenvalue weighted by Crippen LogP contribution is -2.27. The molecular weight excluding hydrogens is 312 g/mol. The number of amides is 4. The highest BCUT2D eigenvalue weighted by molar-refractivity contribution is 6.22. The molecule has 0 radical (unpaired) electrons. The molecule has 2 aromatic rings. The Morgan fingerprint density at radius 3 is 1.00 bits per heavy atom. The van der Waals surface area contributed by atoms with Crippen LogP contribution in [0.2, 0.25) is 0 Å². The fourth-order valence-electron chi connectivity index (χ4n) is 2.60. The normalized spacial score (nSPS) is 16.3. The number of imide groups is 2. The number of fused-ring (bicyclic) bond motifs is 2. The first-order chi connectivity index (χ1) is 11.6. The lowest BCUT2D eigenvalue weighted by molar-refractivity contribution is 0.0553. The Hall–Kier alpha value is -3.68. The molecule has 0 aliphatic carbocycles. The van der Waals surface area contributed by atoms with Crippen LogP contribution in [0.4, 0.5) is 0 Å². The SMILES string of the molecule is O=C1c2ccccc2C(=O)N1/N=N/N1C(=O)c2ccccc2C1=O. The zero-order chi connectivity index (χ0) is 16.8. The smallest absolute Gasteiger partial charge is 0.267 e. The second-order valence-electron chi connectivity index (χ2n) is 5.11. The molecule has 2 aliphatic heterocycles. The van der Waals surface area contributed by atoms with Gasteiger partial charge in [-0.15, -0.1) is 10.0 Å². The van der Waals surface area contributed by atoms with Gasteiger partial charge in [0.25, 0.3) is 23.6 Å². The second-order valence-corrected chi connectivity index (χ2v) is 5.11. The summed E-state index contributed by atoms with van der Waals surface area (Å²) in [5, 5.41) is 8.09. The highest BCUT2D eigenvalue weighted by Gasteiger charge is 2.39. The van der Waals surface area contributed by atoms with Crippen molar-refractivity contribution in [3.8, 4) is 0 Å². The molecule has 24 heavy (non-hydrogen) atoms. The molecule has 0 N–H and O–H groups in total. The van der Waals surface area contributed by atoms with Gasteiger partial charge in [-0.25, -0.2) is 0 Å². The Morgan fingerprint density at radius 1 is 0.500 bits per heavy atom. The number of rotatable bonds is 2. The van der Waals surface area contributed by atoms with E-state index in [1.165, 1.54) is 24.3 Å². The Morgan fingerprint density at radius 2 is 0.750 bits per heavy atom. The predicted molar refractivity (Wildman–Crippen MR) is 78.7 cm³/mol. The topological polar surface area (TPSA) is 99.5 Å². The van der Waals surface area contributed by atoms with Crippen LogP contribution in [0.5, 0.6) is 0 Å². The van der Waals surface area contributed by atoms with Crippen LogP contribution in [0.25, 0.3) is 0 Å². The van der Waals surface area contributed by atoms with Crippen LogP contribution in [0.15, 0.2) is 59.0 Å². The van der Waals surface area contributed by atoms with Gasteiger partial charge in [0.2, 0.25) is 0 Å². The quantitative estimate of drug-likeness (QED) is 0.622. The molecule has 0 unspecified atom stereocenters. The fraction of sp³-hybridized carbons (Fsp3) is 0. The minimum atomic E-state index is -0.657. The lowest BCUT2D eigenvalue weighted by atomic mass is 10.1. The fourth-order valence-corrected chi connectivity index (χ4v) is 2.60. The number of carbonyl (C=O) groups excluding carboxylic acids is 4. The molecule has 116 valence electrons. The van der Waals surface area contributed by atoms with Crippen molar-refractivity contribution in [3.63, 3.8) is 0 Å². The van der Waals surface area contributed by atoms with Gasteiger partial charge in [0.1, 0.15) is 0 Å². The molecule has 0 bridgehead atoms. The maximum atomic E-state index is 12.2. The van der Waals surface area contributed by atoms with E-state index >= 15 is 0 Å². The number of benzene rings is 2. The van der Waals surface area contributed by atoms with Gasteiger partial charge in [0, 0.05) is 0 Å². The highest BCUT2D eigenvalue weighted by Crippen LogP contribution is 2.25. The van der Waals surface area contributed by atoms with Crippen LogP contribution >= 0.6 is 0 Å². The zero-order valence-electron chi connectivity index (χ0n) is 12.0. The first kappa shape index (κ1) is 13.9. The van der Waals surface area contributed by atoms with Crippen LogP contribution in [-0.2, 0) is 0 Å². The summed E-state index contributed by atoms with van der Waals surface area (Å²) in [4.78, 5) is 48.6. The molecule has 2 aliphatic rings. The Labute approximate surface area is 134 Å². The third-order valence-electron chi connectivity index (χ3n) is 3.76. The minimum Gasteiger partial charge on any atom is -0.267 e. The van der Waals surface area contributed by atoms with Crippen LogP contribution < -0.4 is 0 Å². The number of nitrogens with zero attached hydrogens (tertiary/aromatic N) is 4. The molecular formula is C16H8N4O4. The van der Waals surface area contributed by atoms with Crippen molar-refractivity contribution in [1.82, 2.24) is 10.0 Å². The second kappa shape index (κ2) is 4.92. The van der Waals surface area contributed by atoms with Gasteiger partial charge in [-0.1, -0.05) is 24.3 Å². The van der Waals surface area contributed by atoms with E-state index < -0.39 is 23.6 Å². The molecule has 0 saturated carbocycles. The van der Waals surface area contributed by atoms with Crippen molar-refractivity contribution in [3.05, 3.63) is 70.8 Å². The number of hydrogen-bond acceptors (Lipinski definition) is 6. The van der Waals surface area contributed by atoms with Gasteiger partial charge < -0.3 is 0 Å². The summed E-state index contributed by atoms with van der Waals surface area (Å²) in [6.07, 6.45) is 0. The van der Waals surface area contributed by atoms with E-state index in [0.29, 0.717) is 10.0 Å². The molecule has 8 heteroatoms. The Kier molecular flexibility index (Phi) is 2.86. The summed E-state index contributed by atoms with van der Waals surface area (Å²) in [5.74, 6) is -2.63. The van der Waals surface area contributed by atoms with Gasteiger partial charge in [-0.3, -0.25) is 19.2 Å². The summed E-state index contributed by atoms with van der Waals surface area (Å²) in [5.41, 5.74) is 0.792. The van der Waals surface area contributed by atoms with Crippen LogP contribution in [0, 0.1) is 0 Å². The lowest BCUT2D eigenvalue weighted by Gasteiger charge is -2.07. The van der Waals surface area contributed by atoms with E-state index in [9.17, 15) is 19.2 Å². The van der Waals surface area contributed by atoms with Crippen molar-refractivity contribution < 1.29 is 19.2 Å². The van der Waals surface area contributed by atoms with Gasteiger partial charge >= 0.3 is 0 Å². The van der Waals surface area contributed by atoms with Crippen LogP contribution in [-0.4, -0.2) is 33.6 Å². The summed E-state index contributed by atoms with van der Waals surface area (Å²) in [6, 6.07) is 12.5. The van der Waals surface area contributed by atoms with Crippen LogP contribution in [0.3, 0.4) is 0 Å². The van der Waals surface area contributed by atoms with Crippen molar-refractivity contribution in [2.24, 2.45) is 10.4 Å². The molecule has 0 aromatic heterocycles. The average molecular weight is 320 g/mol. The molecule has 0 atom stereocenters. The Bertz CT molecular complexity index is 819. The molecule has 8 nitrogen and oxygen atoms in total. The van der Waals surface area contributed by atoms with Crippen molar-refractivity contribution in [2.45, 2.75) is 0 Å². The van der Waals surface area contributed by atoms with E-state index in [1.807, 2.05) is 0 Å². The van der Waals surface area contributed by atoms with Crippen molar-refractivity contribution >= 4 is 23.6 Å².